The molecule has 0 atom stereocenters. The fraction of sp³-hybridized carbons (Fsp3) is 0.120. The minimum atomic E-state index is -1.15. The van der Waals surface area contributed by atoms with Gasteiger partial charge in [0.15, 0.2) is 0 Å². The summed E-state index contributed by atoms with van der Waals surface area (Å²) in [5.74, 6) is 0.369. The molecule has 0 aliphatic carbocycles. The number of fused-ring (bicyclic) bond motifs is 2. The van der Waals surface area contributed by atoms with Crippen LogP contribution >= 0.6 is 0 Å². The molecule has 9 nitrogen and oxygen atoms in total. The third kappa shape index (κ3) is 4.05. The van der Waals surface area contributed by atoms with E-state index >= 15 is 0 Å². The lowest BCUT2D eigenvalue weighted by Gasteiger charge is -2.10. The molecule has 0 unspecified atom stereocenters. The molecule has 1 amide bonds. The third-order valence-electron chi connectivity index (χ3n) is 5.86. The summed E-state index contributed by atoms with van der Waals surface area (Å²) in [6.07, 6.45) is -0.794. The first-order chi connectivity index (χ1) is 16.8. The van der Waals surface area contributed by atoms with E-state index in [2.05, 4.69) is 20.2 Å². The van der Waals surface area contributed by atoms with Crippen LogP contribution in [0.5, 0.6) is 5.75 Å². The van der Waals surface area contributed by atoms with E-state index in [0.717, 1.165) is 10.5 Å². The summed E-state index contributed by atoms with van der Waals surface area (Å²) in [6, 6.07) is 15.1. The van der Waals surface area contributed by atoms with E-state index in [-0.39, 0.29) is 11.5 Å². The second-order valence-electron chi connectivity index (χ2n) is 8.04. The smallest absolute Gasteiger partial charge is 0.413 e. The summed E-state index contributed by atoms with van der Waals surface area (Å²) in [4.78, 5) is 31.6. The summed E-state index contributed by atoms with van der Waals surface area (Å²) in [5.41, 5.74) is 3.24. The molecule has 0 fully saturated rings. The Hall–Kier alpha value is -4.73. The number of hydrogen-bond donors (Lipinski definition) is 3. The summed E-state index contributed by atoms with van der Waals surface area (Å²) in [5, 5.41) is 17.1. The zero-order valence-electron chi connectivity index (χ0n) is 18.8. The Kier molecular flexibility index (Phi) is 5.40. The molecular formula is C25H20FN5O4. The number of rotatable bonds is 5. The number of aromatic nitrogens is 4. The molecule has 3 aromatic carbocycles. The van der Waals surface area contributed by atoms with Crippen LogP contribution in [-0.2, 0) is 6.42 Å². The minimum Gasteiger partial charge on any atom is -0.497 e. The van der Waals surface area contributed by atoms with E-state index in [1.807, 2.05) is 0 Å². The van der Waals surface area contributed by atoms with E-state index in [4.69, 9.17) is 4.74 Å². The molecule has 0 bridgehead atoms. The van der Waals surface area contributed by atoms with Crippen LogP contribution in [0.4, 0.5) is 15.1 Å². The first kappa shape index (κ1) is 22.1. The van der Waals surface area contributed by atoms with Crippen LogP contribution in [0, 0.1) is 5.82 Å². The van der Waals surface area contributed by atoms with Crippen LogP contribution in [-0.4, -0.2) is 45.5 Å². The maximum absolute atomic E-state index is 14.8. The molecule has 0 aliphatic heterocycles. The molecule has 0 aliphatic rings. The minimum absolute atomic E-state index is 0.172. The van der Waals surface area contributed by atoms with Crippen LogP contribution in [0.25, 0.3) is 32.9 Å². The van der Waals surface area contributed by atoms with E-state index in [9.17, 15) is 19.1 Å². The van der Waals surface area contributed by atoms with Gasteiger partial charge < -0.3 is 14.8 Å². The Bertz CT molecular complexity index is 1660. The summed E-state index contributed by atoms with van der Waals surface area (Å²) in [7, 11) is 2.93. The summed E-state index contributed by atoms with van der Waals surface area (Å²) < 4.78 is 20.1. The highest BCUT2D eigenvalue weighted by atomic mass is 19.1. The van der Waals surface area contributed by atoms with E-state index in [1.165, 1.54) is 13.1 Å². The normalized spacial score (nSPS) is 11.2. The van der Waals surface area contributed by atoms with Gasteiger partial charge in [0.05, 0.1) is 29.2 Å². The zero-order valence-corrected chi connectivity index (χ0v) is 18.8. The molecule has 5 rings (SSSR count). The van der Waals surface area contributed by atoms with E-state index in [0.29, 0.717) is 50.8 Å². The first-order valence-electron chi connectivity index (χ1n) is 10.6. The van der Waals surface area contributed by atoms with Gasteiger partial charge in [0.2, 0.25) is 5.95 Å². The Labute approximate surface area is 197 Å². The number of hydrogen-bond acceptors (Lipinski definition) is 5. The van der Waals surface area contributed by atoms with Crippen molar-refractivity contribution >= 4 is 33.8 Å². The summed E-state index contributed by atoms with van der Waals surface area (Å²) >= 11 is 0. The number of carbonyl (C=O) groups is 1. The van der Waals surface area contributed by atoms with Crippen molar-refractivity contribution in [1.29, 1.82) is 0 Å². The van der Waals surface area contributed by atoms with Gasteiger partial charge in [-0.25, -0.2) is 19.3 Å². The van der Waals surface area contributed by atoms with Gasteiger partial charge >= 0.3 is 6.09 Å². The number of ether oxygens (including phenoxy) is 1. The number of H-pyrrole nitrogens is 2. The average Bonchev–Trinajstić information content (AvgIpc) is 3.29. The number of nitrogens with one attached hydrogen (secondary N) is 2. The third-order valence-corrected chi connectivity index (χ3v) is 5.86. The van der Waals surface area contributed by atoms with Crippen molar-refractivity contribution in [3.8, 4) is 16.9 Å². The maximum Gasteiger partial charge on any atom is 0.413 e. The van der Waals surface area contributed by atoms with Gasteiger partial charge in [0, 0.05) is 24.4 Å². The number of aromatic amines is 2. The van der Waals surface area contributed by atoms with Crippen LogP contribution in [0.2, 0.25) is 0 Å². The van der Waals surface area contributed by atoms with Gasteiger partial charge in [-0.15, -0.1) is 0 Å². The number of halogens is 1. The first-order valence-corrected chi connectivity index (χ1v) is 10.6. The summed E-state index contributed by atoms with van der Waals surface area (Å²) in [6.45, 7) is 0. The van der Waals surface area contributed by atoms with Crippen LogP contribution in [0.3, 0.4) is 0 Å². The molecule has 2 heterocycles. The Morgan fingerprint density at radius 2 is 1.94 bits per heavy atom. The number of amides is 1. The van der Waals surface area contributed by atoms with Crippen molar-refractivity contribution in [3.05, 3.63) is 82.0 Å². The topological polar surface area (TPSA) is 124 Å². The van der Waals surface area contributed by atoms with E-state index in [1.54, 1.807) is 55.6 Å². The van der Waals surface area contributed by atoms with Gasteiger partial charge in [-0.1, -0.05) is 12.1 Å². The molecule has 176 valence electrons. The molecule has 35 heavy (non-hydrogen) atoms. The molecule has 0 spiro atoms. The lowest BCUT2D eigenvalue weighted by molar-refractivity contribution is 0.203. The van der Waals surface area contributed by atoms with Crippen molar-refractivity contribution in [2.75, 3.05) is 19.1 Å². The average molecular weight is 473 g/mol. The number of imidazole rings is 1. The van der Waals surface area contributed by atoms with Gasteiger partial charge in [-0.3, -0.25) is 9.69 Å². The van der Waals surface area contributed by atoms with Crippen molar-refractivity contribution in [1.82, 2.24) is 20.2 Å². The molecule has 0 radical (unpaired) electrons. The number of anilines is 1. The number of methoxy groups -OCH3 is 1. The second-order valence-corrected chi connectivity index (χ2v) is 8.04. The molecule has 2 aromatic heterocycles. The molecule has 0 saturated heterocycles. The lowest BCUT2D eigenvalue weighted by atomic mass is 9.98. The Morgan fingerprint density at radius 1 is 1.11 bits per heavy atom. The molecular weight excluding hydrogens is 453 g/mol. The molecule has 3 N–H and O–H groups in total. The molecule has 0 saturated carbocycles. The highest BCUT2D eigenvalue weighted by Gasteiger charge is 2.15. The van der Waals surface area contributed by atoms with Gasteiger partial charge in [0.25, 0.3) is 5.56 Å². The van der Waals surface area contributed by atoms with Crippen molar-refractivity contribution in [2.24, 2.45) is 0 Å². The Morgan fingerprint density at radius 3 is 2.71 bits per heavy atom. The SMILES string of the molecule is COc1ccc2c(=O)[nH]nc(Cc3ccc(F)c(-c4ccc5nc(N(C)C(=O)O)[nH]c5c4)c3)c2c1. The number of benzene rings is 3. The fourth-order valence-electron chi connectivity index (χ4n) is 3.97. The van der Waals surface area contributed by atoms with Crippen molar-refractivity contribution in [3.63, 3.8) is 0 Å². The number of carboxylic acid groups (broad SMARTS) is 1. The Balaban J connectivity index is 1.54. The zero-order chi connectivity index (χ0) is 24.7. The van der Waals surface area contributed by atoms with Crippen LogP contribution in [0.15, 0.2) is 59.4 Å². The highest BCUT2D eigenvalue weighted by molar-refractivity contribution is 5.89. The van der Waals surface area contributed by atoms with Gasteiger partial charge in [-0.2, -0.15) is 5.10 Å². The predicted molar refractivity (Wildman–Crippen MR) is 130 cm³/mol. The maximum atomic E-state index is 14.8. The van der Waals surface area contributed by atoms with Gasteiger partial charge in [-0.05, 0) is 53.6 Å². The van der Waals surface area contributed by atoms with E-state index < -0.39 is 11.9 Å². The second kappa shape index (κ2) is 8.56. The fourth-order valence-corrected chi connectivity index (χ4v) is 3.97. The largest absolute Gasteiger partial charge is 0.497 e. The molecule has 5 aromatic rings. The van der Waals surface area contributed by atoms with Crippen LogP contribution in [0.1, 0.15) is 11.3 Å². The number of nitrogens with zero attached hydrogens (tertiary/aromatic N) is 3. The van der Waals surface area contributed by atoms with Crippen LogP contribution < -0.4 is 15.2 Å². The predicted octanol–water partition coefficient (Wildman–Crippen LogP) is 4.32. The van der Waals surface area contributed by atoms with Gasteiger partial charge in [0.1, 0.15) is 11.6 Å². The van der Waals surface area contributed by atoms with Crippen molar-refractivity contribution < 1.29 is 19.0 Å². The quantitative estimate of drug-likeness (QED) is 0.349. The highest BCUT2D eigenvalue weighted by Crippen LogP contribution is 2.29. The molecule has 10 heteroatoms. The van der Waals surface area contributed by atoms with Crippen molar-refractivity contribution in [2.45, 2.75) is 6.42 Å². The lowest BCUT2D eigenvalue weighted by Crippen LogP contribution is -2.24. The monoisotopic (exact) mass is 473 g/mol. The standard InChI is InChI=1S/C25H20FN5O4/c1-31(25(33)34)24-27-20-8-4-14(11-22(20)28-24)17-9-13(3-7-19(17)26)10-21-18-12-15(35-2)5-6-16(18)23(32)30-29-21/h3-9,11-12H,10H2,1-2H3,(H,27,28)(H,30,32)(H,33,34).